The molecular formula is C12H22N4OS. The SMILES string of the molecule is N=C(N=C(N)N)SCC1CCC2(CCCCC2)O1. The molecule has 1 saturated heterocycles. The Morgan fingerprint density at radius 2 is 2.00 bits per heavy atom. The van der Waals surface area contributed by atoms with Crippen LogP contribution in [0.4, 0.5) is 0 Å². The lowest BCUT2D eigenvalue weighted by molar-refractivity contribution is -0.0555. The number of rotatable bonds is 2. The summed E-state index contributed by atoms with van der Waals surface area (Å²) in [5.41, 5.74) is 10.6. The number of hydrogen-bond acceptors (Lipinski definition) is 3. The molecule has 102 valence electrons. The maximum absolute atomic E-state index is 7.58. The van der Waals surface area contributed by atoms with Gasteiger partial charge in [-0.2, -0.15) is 4.99 Å². The molecule has 0 aromatic heterocycles. The van der Waals surface area contributed by atoms with Crippen LogP contribution in [0.5, 0.6) is 0 Å². The molecule has 0 bridgehead atoms. The minimum atomic E-state index is -0.0522. The van der Waals surface area contributed by atoms with Gasteiger partial charge in [0.1, 0.15) is 0 Å². The molecule has 0 amide bonds. The van der Waals surface area contributed by atoms with E-state index in [9.17, 15) is 0 Å². The number of thioether (sulfide) groups is 1. The summed E-state index contributed by atoms with van der Waals surface area (Å²) in [5, 5.41) is 7.75. The summed E-state index contributed by atoms with van der Waals surface area (Å²) in [6, 6.07) is 0. The van der Waals surface area contributed by atoms with Crippen molar-refractivity contribution in [2.45, 2.75) is 56.7 Å². The summed E-state index contributed by atoms with van der Waals surface area (Å²) in [6.07, 6.45) is 8.88. The van der Waals surface area contributed by atoms with Crippen molar-refractivity contribution >= 4 is 22.9 Å². The lowest BCUT2D eigenvalue weighted by Crippen LogP contribution is -2.32. The zero-order chi connectivity index (χ0) is 13.0. The molecule has 18 heavy (non-hydrogen) atoms. The van der Waals surface area contributed by atoms with Crippen molar-refractivity contribution in [3.63, 3.8) is 0 Å². The summed E-state index contributed by atoms with van der Waals surface area (Å²) < 4.78 is 6.22. The van der Waals surface area contributed by atoms with E-state index >= 15 is 0 Å². The Bertz CT molecular complexity index is 335. The molecule has 5 N–H and O–H groups in total. The lowest BCUT2D eigenvalue weighted by Gasteiger charge is -2.33. The quantitative estimate of drug-likeness (QED) is 0.526. The first-order valence-electron chi connectivity index (χ1n) is 6.58. The Morgan fingerprint density at radius 3 is 2.67 bits per heavy atom. The van der Waals surface area contributed by atoms with Gasteiger partial charge >= 0.3 is 0 Å². The van der Waals surface area contributed by atoms with Crippen molar-refractivity contribution in [2.24, 2.45) is 16.5 Å². The van der Waals surface area contributed by atoms with Gasteiger partial charge in [0.25, 0.3) is 0 Å². The maximum Gasteiger partial charge on any atom is 0.193 e. The van der Waals surface area contributed by atoms with Crippen molar-refractivity contribution in [3.05, 3.63) is 0 Å². The van der Waals surface area contributed by atoms with Gasteiger partial charge in [0.15, 0.2) is 11.1 Å². The molecule has 1 saturated carbocycles. The zero-order valence-electron chi connectivity index (χ0n) is 10.7. The van der Waals surface area contributed by atoms with Gasteiger partial charge in [-0.1, -0.05) is 31.0 Å². The first-order chi connectivity index (χ1) is 8.60. The number of nitrogens with two attached hydrogens (primary N) is 2. The number of hydrogen-bond donors (Lipinski definition) is 3. The molecule has 2 fully saturated rings. The second kappa shape index (κ2) is 5.93. The highest BCUT2D eigenvalue weighted by Crippen LogP contribution is 2.42. The lowest BCUT2D eigenvalue weighted by atomic mass is 9.83. The molecule has 1 aliphatic carbocycles. The highest BCUT2D eigenvalue weighted by Gasteiger charge is 2.40. The normalized spacial score (nSPS) is 26.1. The van der Waals surface area contributed by atoms with Gasteiger partial charge in [0.05, 0.1) is 11.7 Å². The van der Waals surface area contributed by atoms with E-state index in [0.29, 0.717) is 0 Å². The minimum Gasteiger partial charge on any atom is -0.371 e. The van der Waals surface area contributed by atoms with Crippen molar-refractivity contribution in [1.29, 1.82) is 5.41 Å². The number of nitrogens with one attached hydrogen (secondary N) is 1. The molecule has 1 heterocycles. The molecule has 1 unspecified atom stereocenters. The van der Waals surface area contributed by atoms with Crippen LogP contribution in [-0.2, 0) is 4.74 Å². The van der Waals surface area contributed by atoms with Crippen LogP contribution in [0, 0.1) is 5.41 Å². The highest BCUT2D eigenvalue weighted by molar-refractivity contribution is 8.13. The average Bonchev–Trinajstić information content (AvgIpc) is 2.70. The molecule has 0 radical (unpaired) electrons. The van der Waals surface area contributed by atoms with Crippen molar-refractivity contribution in [2.75, 3.05) is 5.75 Å². The van der Waals surface area contributed by atoms with Crippen molar-refractivity contribution < 1.29 is 4.74 Å². The number of aliphatic imine (C=N–C) groups is 1. The van der Waals surface area contributed by atoms with Crippen molar-refractivity contribution in [1.82, 2.24) is 0 Å². The number of amidine groups is 1. The fourth-order valence-electron chi connectivity index (χ4n) is 2.90. The van der Waals surface area contributed by atoms with Gasteiger partial charge in [-0.05, 0) is 25.7 Å². The van der Waals surface area contributed by atoms with Gasteiger partial charge in [-0.25, -0.2) is 0 Å². The molecule has 0 aromatic carbocycles. The van der Waals surface area contributed by atoms with E-state index in [1.807, 2.05) is 0 Å². The van der Waals surface area contributed by atoms with Crippen LogP contribution in [0.3, 0.4) is 0 Å². The van der Waals surface area contributed by atoms with Crippen LogP contribution in [0.1, 0.15) is 44.9 Å². The van der Waals surface area contributed by atoms with Crippen LogP contribution in [0.15, 0.2) is 4.99 Å². The molecule has 2 aliphatic rings. The first-order valence-corrected chi connectivity index (χ1v) is 7.57. The van der Waals surface area contributed by atoms with Crippen LogP contribution in [0.25, 0.3) is 0 Å². The van der Waals surface area contributed by atoms with E-state index in [-0.39, 0.29) is 22.8 Å². The standard InChI is InChI=1S/C12H22N4OS/c13-10(14)16-11(15)18-8-9-4-7-12(17-9)5-2-1-3-6-12/h9H,1-8H2,(H5,13,14,15,16). The monoisotopic (exact) mass is 270 g/mol. The minimum absolute atomic E-state index is 0.0522. The van der Waals surface area contributed by atoms with Crippen LogP contribution in [0.2, 0.25) is 0 Å². The van der Waals surface area contributed by atoms with Gasteiger partial charge in [-0.3, -0.25) is 5.41 Å². The number of guanidine groups is 1. The second-order valence-electron chi connectivity index (χ2n) is 5.18. The topological polar surface area (TPSA) is 97.5 Å². The second-order valence-corrected chi connectivity index (χ2v) is 6.18. The largest absolute Gasteiger partial charge is 0.371 e. The van der Waals surface area contributed by atoms with Gasteiger partial charge in [-0.15, -0.1) is 0 Å². The first kappa shape index (κ1) is 13.7. The molecule has 1 atom stereocenters. The molecular weight excluding hydrogens is 248 g/mol. The molecule has 0 aromatic rings. The van der Waals surface area contributed by atoms with Gasteiger partial charge in [0.2, 0.25) is 0 Å². The summed E-state index contributed by atoms with van der Waals surface area (Å²) in [7, 11) is 0. The van der Waals surface area contributed by atoms with Crippen LogP contribution < -0.4 is 11.5 Å². The smallest absolute Gasteiger partial charge is 0.193 e. The third-order valence-electron chi connectivity index (χ3n) is 3.74. The average molecular weight is 270 g/mol. The van der Waals surface area contributed by atoms with Crippen molar-refractivity contribution in [3.8, 4) is 0 Å². The Labute approximate surface area is 112 Å². The van der Waals surface area contributed by atoms with Gasteiger partial charge < -0.3 is 16.2 Å². The fourth-order valence-corrected chi connectivity index (χ4v) is 3.65. The van der Waals surface area contributed by atoms with E-state index in [1.54, 1.807) is 0 Å². The Kier molecular flexibility index (Phi) is 4.50. The van der Waals surface area contributed by atoms with Crippen LogP contribution in [-0.4, -0.2) is 28.6 Å². The molecule has 6 heteroatoms. The summed E-state index contributed by atoms with van der Waals surface area (Å²) >= 11 is 1.36. The van der Waals surface area contributed by atoms with Crippen LogP contribution >= 0.6 is 11.8 Å². The summed E-state index contributed by atoms with van der Waals surface area (Å²) in [6.45, 7) is 0. The Balaban J connectivity index is 1.76. The summed E-state index contributed by atoms with van der Waals surface area (Å²) in [4.78, 5) is 3.71. The Morgan fingerprint density at radius 1 is 1.28 bits per heavy atom. The van der Waals surface area contributed by atoms with E-state index in [4.69, 9.17) is 21.6 Å². The highest BCUT2D eigenvalue weighted by atomic mass is 32.2. The number of ether oxygens (including phenoxy) is 1. The van der Waals surface area contributed by atoms with E-state index in [2.05, 4.69) is 4.99 Å². The molecule has 2 rings (SSSR count). The summed E-state index contributed by atoms with van der Waals surface area (Å²) in [5.74, 6) is 0.723. The predicted molar refractivity (Wildman–Crippen MR) is 75.9 cm³/mol. The maximum atomic E-state index is 7.58. The van der Waals surface area contributed by atoms with E-state index < -0.39 is 0 Å². The molecule has 1 aliphatic heterocycles. The third kappa shape index (κ3) is 3.62. The molecule has 1 spiro atoms. The van der Waals surface area contributed by atoms with E-state index in [1.165, 1.54) is 50.3 Å². The Hall–Kier alpha value is -0.750. The van der Waals surface area contributed by atoms with Gasteiger partial charge in [0, 0.05) is 5.75 Å². The fraction of sp³-hybridized carbons (Fsp3) is 0.833. The predicted octanol–water partition coefficient (Wildman–Crippen LogP) is 1.81. The third-order valence-corrected chi connectivity index (χ3v) is 4.64. The number of nitrogens with zero attached hydrogens (tertiary/aromatic N) is 1. The zero-order valence-corrected chi connectivity index (χ0v) is 11.5. The molecule has 5 nitrogen and oxygen atoms in total. The van der Waals surface area contributed by atoms with E-state index in [0.717, 1.165) is 12.2 Å².